The van der Waals surface area contributed by atoms with E-state index in [0.29, 0.717) is 17.2 Å². The van der Waals surface area contributed by atoms with Gasteiger partial charge in [0.1, 0.15) is 11.5 Å². The average molecular weight is 358 g/mol. The fourth-order valence-corrected chi connectivity index (χ4v) is 3.60. The van der Waals surface area contributed by atoms with E-state index >= 15 is 0 Å². The van der Waals surface area contributed by atoms with Crippen molar-refractivity contribution in [3.63, 3.8) is 0 Å². The van der Waals surface area contributed by atoms with Crippen LogP contribution < -0.4 is 20.1 Å². The molecular formula is C18H18N2O4S. The third-order valence-corrected chi connectivity index (χ3v) is 4.99. The lowest BCUT2D eigenvalue weighted by Gasteiger charge is -2.23. The lowest BCUT2D eigenvalue weighted by atomic mass is 10.2. The molecule has 0 spiro atoms. The number of methoxy groups -OCH3 is 2. The van der Waals surface area contributed by atoms with Gasteiger partial charge in [-0.2, -0.15) is 0 Å². The molecule has 0 bridgehead atoms. The molecule has 3 rings (SSSR count). The second kappa shape index (κ2) is 7.48. The van der Waals surface area contributed by atoms with E-state index in [0.717, 1.165) is 10.6 Å². The quantitative estimate of drug-likeness (QED) is 0.859. The number of benzene rings is 2. The third kappa shape index (κ3) is 4.06. The minimum Gasteiger partial charge on any atom is -0.497 e. The molecule has 2 N–H and O–H groups in total. The molecule has 2 aromatic rings. The van der Waals surface area contributed by atoms with Gasteiger partial charge >= 0.3 is 0 Å². The summed E-state index contributed by atoms with van der Waals surface area (Å²) in [6.07, 6.45) is 0.0738. The summed E-state index contributed by atoms with van der Waals surface area (Å²) in [5, 5.41) is 5.16. The predicted molar refractivity (Wildman–Crippen MR) is 97.5 cm³/mol. The number of rotatable bonds is 5. The molecule has 0 unspecified atom stereocenters. The number of carbonyl (C=O) groups is 2. The smallest absolute Gasteiger partial charge is 0.238 e. The number of amides is 2. The topological polar surface area (TPSA) is 76.7 Å². The second-order valence-electron chi connectivity index (χ2n) is 5.45. The fourth-order valence-electron chi connectivity index (χ4n) is 2.49. The van der Waals surface area contributed by atoms with Crippen molar-refractivity contribution in [2.75, 3.05) is 24.9 Å². The van der Waals surface area contributed by atoms with E-state index in [9.17, 15) is 9.59 Å². The van der Waals surface area contributed by atoms with Gasteiger partial charge in [-0.05, 0) is 12.1 Å². The maximum atomic E-state index is 12.4. The zero-order valence-corrected chi connectivity index (χ0v) is 14.7. The zero-order chi connectivity index (χ0) is 17.8. The van der Waals surface area contributed by atoms with Crippen molar-refractivity contribution in [1.29, 1.82) is 0 Å². The summed E-state index contributed by atoms with van der Waals surface area (Å²) in [4.78, 5) is 25.5. The monoisotopic (exact) mass is 358 g/mol. The molecule has 130 valence electrons. The van der Waals surface area contributed by atoms with Crippen molar-refractivity contribution >= 4 is 35.0 Å². The number of hydrogen-bond donors (Lipinski definition) is 2. The number of nitrogens with one attached hydrogen (secondary N) is 2. The summed E-state index contributed by atoms with van der Waals surface area (Å²) in [6.45, 7) is 0. The molecule has 0 saturated carbocycles. The first-order chi connectivity index (χ1) is 12.1. The highest BCUT2D eigenvalue weighted by Gasteiger charge is 2.28. The number of hydrogen-bond acceptors (Lipinski definition) is 5. The van der Waals surface area contributed by atoms with E-state index in [1.807, 2.05) is 24.3 Å². The predicted octanol–water partition coefficient (Wildman–Crippen LogP) is 3.15. The van der Waals surface area contributed by atoms with Gasteiger partial charge in [0.25, 0.3) is 0 Å². The molecule has 1 heterocycles. The van der Waals surface area contributed by atoms with Crippen LogP contribution in [0.25, 0.3) is 0 Å². The van der Waals surface area contributed by atoms with E-state index in [-0.39, 0.29) is 18.2 Å². The molecule has 1 aliphatic rings. The normalized spacial score (nSPS) is 15.8. The van der Waals surface area contributed by atoms with Crippen molar-refractivity contribution in [3.05, 3.63) is 42.5 Å². The highest BCUT2D eigenvalue weighted by atomic mass is 32.2. The van der Waals surface area contributed by atoms with Gasteiger partial charge in [0, 0.05) is 35.2 Å². The molecular weight excluding hydrogens is 340 g/mol. The lowest BCUT2D eigenvalue weighted by Crippen LogP contribution is -2.32. The first-order valence-corrected chi connectivity index (χ1v) is 8.56. The molecule has 0 saturated heterocycles. The number of ether oxygens (including phenoxy) is 2. The van der Waals surface area contributed by atoms with Crippen LogP contribution in [-0.2, 0) is 9.59 Å². The standard InChI is InChI=1S/C18H18N2O4S/c1-23-12-7-11(8-13(9-12)24-2)19-17(21)10-16-18(22)20-14-5-3-4-6-15(14)25-16/h3-9,16H,10H2,1-2H3,(H,19,21)(H,20,22)/t16-/m0/s1. The first-order valence-electron chi connectivity index (χ1n) is 7.68. The van der Waals surface area contributed by atoms with Crippen molar-refractivity contribution in [2.24, 2.45) is 0 Å². The Kier molecular flexibility index (Phi) is 5.14. The van der Waals surface area contributed by atoms with Crippen LogP contribution >= 0.6 is 11.8 Å². The van der Waals surface area contributed by atoms with Crippen LogP contribution in [-0.4, -0.2) is 31.3 Å². The van der Waals surface area contributed by atoms with Crippen molar-refractivity contribution in [1.82, 2.24) is 0 Å². The van der Waals surface area contributed by atoms with Crippen LogP contribution in [0.1, 0.15) is 6.42 Å². The molecule has 0 aromatic heterocycles. The molecule has 0 aliphatic carbocycles. The number of anilines is 2. The number of thioether (sulfide) groups is 1. The van der Waals surface area contributed by atoms with Gasteiger partial charge < -0.3 is 20.1 Å². The number of para-hydroxylation sites is 1. The van der Waals surface area contributed by atoms with Crippen molar-refractivity contribution in [2.45, 2.75) is 16.6 Å². The summed E-state index contributed by atoms with van der Waals surface area (Å²) < 4.78 is 10.4. The fraction of sp³-hybridized carbons (Fsp3) is 0.222. The van der Waals surface area contributed by atoms with E-state index in [4.69, 9.17) is 9.47 Å². The molecule has 1 aliphatic heterocycles. The number of fused-ring (bicyclic) bond motifs is 1. The van der Waals surface area contributed by atoms with Gasteiger partial charge in [0.2, 0.25) is 11.8 Å². The Bertz CT molecular complexity index is 787. The second-order valence-corrected chi connectivity index (χ2v) is 6.69. The van der Waals surface area contributed by atoms with Crippen LogP contribution in [0, 0.1) is 0 Å². The molecule has 7 heteroatoms. The Morgan fingerprint density at radius 2 is 1.84 bits per heavy atom. The SMILES string of the molecule is COc1cc(NC(=O)C[C@@H]2Sc3ccccc3NC2=O)cc(OC)c1. The summed E-state index contributed by atoms with van der Waals surface area (Å²) in [7, 11) is 3.08. The molecule has 2 aromatic carbocycles. The van der Waals surface area contributed by atoms with E-state index < -0.39 is 5.25 Å². The molecule has 25 heavy (non-hydrogen) atoms. The first kappa shape index (κ1) is 17.2. The summed E-state index contributed by atoms with van der Waals surface area (Å²) in [6, 6.07) is 12.7. The Balaban J connectivity index is 1.68. The summed E-state index contributed by atoms with van der Waals surface area (Å²) >= 11 is 1.40. The highest BCUT2D eigenvalue weighted by Crippen LogP contribution is 2.36. The van der Waals surface area contributed by atoms with Gasteiger partial charge in [-0.15, -0.1) is 11.8 Å². The third-order valence-electron chi connectivity index (χ3n) is 3.71. The maximum absolute atomic E-state index is 12.4. The van der Waals surface area contributed by atoms with Crippen LogP contribution in [0.3, 0.4) is 0 Å². The largest absolute Gasteiger partial charge is 0.497 e. The Morgan fingerprint density at radius 3 is 2.52 bits per heavy atom. The van der Waals surface area contributed by atoms with Gasteiger partial charge in [-0.3, -0.25) is 9.59 Å². The van der Waals surface area contributed by atoms with Crippen LogP contribution in [0.4, 0.5) is 11.4 Å². The molecule has 2 amide bonds. The van der Waals surface area contributed by atoms with Crippen LogP contribution in [0.5, 0.6) is 11.5 Å². The average Bonchev–Trinajstić information content (AvgIpc) is 2.61. The van der Waals surface area contributed by atoms with Crippen molar-refractivity contribution in [3.8, 4) is 11.5 Å². The minimum absolute atomic E-state index is 0.0738. The zero-order valence-electron chi connectivity index (χ0n) is 13.9. The maximum Gasteiger partial charge on any atom is 0.238 e. The minimum atomic E-state index is -0.470. The lowest BCUT2D eigenvalue weighted by molar-refractivity contribution is -0.120. The van der Waals surface area contributed by atoms with Gasteiger partial charge in [-0.1, -0.05) is 12.1 Å². The van der Waals surface area contributed by atoms with Crippen molar-refractivity contribution < 1.29 is 19.1 Å². The molecule has 1 atom stereocenters. The molecule has 0 radical (unpaired) electrons. The Morgan fingerprint density at radius 1 is 1.16 bits per heavy atom. The highest BCUT2D eigenvalue weighted by molar-refractivity contribution is 8.01. The molecule has 6 nitrogen and oxygen atoms in total. The Labute approximate surface area is 149 Å². The van der Waals surface area contributed by atoms with E-state index in [1.165, 1.54) is 11.8 Å². The van der Waals surface area contributed by atoms with Gasteiger partial charge in [0.15, 0.2) is 0 Å². The van der Waals surface area contributed by atoms with Gasteiger partial charge in [-0.25, -0.2) is 0 Å². The van der Waals surface area contributed by atoms with Crippen LogP contribution in [0.2, 0.25) is 0 Å². The summed E-state index contributed by atoms with van der Waals surface area (Å²) in [5.74, 6) is 0.742. The van der Waals surface area contributed by atoms with E-state index in [1.54, 1.807) is 32.4 Å². The number of carbonyl (C=O) groups excluding carboxylic acids is 2. The Hall–Kier alpha value is -2.67. The van der Waals surface area contributed by atoms with E-state index in [2.05, 4.69) is 10.6 Å². The molecule has 0 fully saturated rings. The van der Waals surface area contributed by atoms with Crippen LogP contribution in [0.15, 0.2) is 47.4 Å². The summed E-state index contributed by atoms with van der Waals surface area (Å²) in [5.41, 5.74) is 1.34. The van der Waals surface area contributed by atoms with Gasteiger partial charge in [0.05, 0.1) is 25.2 Å².